The molecule has 0 bridgehead atoms. The van der Waals surface area contributed by atoms with E-state index in [1.807, 2.05) is 24.9 Å². The minimum Gasteiger partial charge on any atom is -0.338 e. The summed E-state index contributed by atoms with van der Waals surface area (Å²) >= 11 is 0. The number of amides is 1. The summed E-state index contributed by atoms with van der Waals surface area (Å²) in [5, 5.41) is 0. The van der Waals surface area contributed by atoms with Gasteiger partial charge in [0.15, 0.2) is 0 Å². The van der Waals surface area contributed by atoms with Gasteiger partial charge < -0.3 is 10.6 Å². The predicted octanol–water partition coefficient (Wildman–Crippen LogP) is 1.73. The van der Waals surface area contributed by atoms with Crippen LogP contribution in [0.5, 0.6) is 0 Å². The predicted molar refractivity (Wildman–Crippen MR) is 68.5 cm³/mol. The molecule has 0 saturated carbocycles. The van der Waals surface area contributed by atoms with E-state index < -0.39 is 0 Å². The molecule has 0 radical (unpaired) electrons. The number of nitrogens with zero attached hydrogens (tertiary/aromatic N) is 1. The standard InChI is InChI=1S/C14H20N2O/c1-10(9-15)14(17)16(2)13-8-7-11-5-3-4-6-12(11)13/h3-6,10,13H,7-9,15H2,1-2H3. The lowest BCUT2D eigenvalue weighted by atomic mass is 10.1. The number of benzene rings is 1. The molecule has 17 heavy (non-hydrogen) atoms. The number of carbonyl (C=O) groups is 1. The molecule has 1 aliphatic carbocycles. The van der Waals surface area contributed by atoms with E-state index in [2.05, 4.69) is 18.2 Å². The molecule has 1 aromatic carbocycles. The highest BCUT2D eigenvalue weighted by molar-refractivity contribution is 5.79. The Bertz CT molecular complexity index is 416. The molecular weight excluding hydrogens is 212 g/mol. The first-order valence-electron chi connectivity index (χ1n) is 6.19. The molecule has 3 heteroatoms. The molecule has 0 heterocycles. The quantitative estimate of drug-likeness (QED) is 0.862. The van der Waals surface area contributed by atoms with Crippen molar-refractivity contribution in [3.05, 3.63) is 35.4 Å². The molecule has 2 unspecified atom stereocenters. The van der Waals surface area contributed by atoms with Crippen LogP contribution < -0.4 is 5.73 Å². The second-order valence-corrected chi connectivity index (χ2v) is 4.84. The van der Waals surface area contributed by atoms with Gasteiger partial charge >= 0.3 is 0 Å². The zero-order valence-corrected chi connectivity index (χ0v) is 10.5. The van der Waals surface area contributed by atoms with Gasteiger partial charge in [-0.15, -0.1) is 0 Å². The Labute approximate surface area is 103 Å². The lowest BCUT2D eigenvalue weighted by Crippen LogP contribution is -2.37. The van der Waals surface area contributed by atoms with E-state index in [-0.39, 0.29) is 17.9 Å². The van der Waals surface area contributed by atoms with Crippen molar-refractivity contribution >= 4 is 5.91 Å². The molecule has 2 atom stereocenters. The van der Waals surface area contributed by atoms with Crippen LogP contribution in [0.4, 0.5) is 0 Å². The van der Waals surface area contributed by atoms with E-state index in [0.717, 1.165) is 12.8 Å². The van der Waals surface area contributed by atoms with Gasteiger partial charge in [-0.25, -0.2) is 0 Å². The Balaban J connectivity index is 2.17. The average molecular weight is 232 g/mol. The van der Waals surface area contributed by atoms with Gasteiger partial charge in [-0.3, -0.25) is 4.79 Å². The van der Waals surface area contributed by atoms with Gasteiger partial charge in [0, 0.05) is 19.5 Å². The van der Waals surface area contributed by atoms with Crippen molar-refractivity contribution in [1.82, 2.24) is 4.90 Å². The van der Waals surface area contributed by atoms with E-state index in [4.69, 9.17) is 5.73 Å². The Kier molecular flexibility index (Phi) is 3.48. The molecule has 0 fully saturated rings. The van der Waals surface area contributed by atoms with E-state index in [1.54, 1.807) is 0 Å². The molecule has 92 valence electrons. The Morgan fingerprint density at radius 1 is 1.53 bits per heavy atom. The third-order valence-electron chi connectivity index (χ3n) is 3.69. The van der Waals surface area contributed by atoms with Crippen LogP contribution in [0, 0.1) is 5.92 Å². The van der Waals surface area contributed by atoms with Gasteiger partial charge in [0.2, 0.25) is 5.91 Å². The number of hydrogen-bond acceptors (Lipinski definition) is 2. The van der Waals surface area contributed by atoms with Crippen molar-refractivity contribution in [1.29, 1.82) is 0 Å². The average Bonchev–Trinajstić information content (AvgIpc) is 2.79. The van der Waals surface area contributed by atoms with Crippen molar-refractivity contribution in [2.45, 2.75) is 25.8 Å². The van der Waals surface area contributed by atoms with Crippen molar-refractivity contribution in [3.63, 3.8) is 0 Å². The molecule has 0 aromatic heterocycles. The van der Waals surface area contributed by atoms with Crippen LogP contribution in [-0.2, 0) is 11.2 Å². The SMILES string of the molecule is CC(CN)C(=O)N(C)C1CCc2ccccc21. The Morgan fingerprint density at radius 2 is 2.24 bits per heavy atom. The fraction of sp³-hybridized carbons (Fsp3) is 0.500. The van der Waals surface area contributed by atoms with Crippen LogP contribution in [0.2, 0.25) is 0 Å². The lowest BCUT2D eigenvalue weighted by molar-refractivity contribution is -0.135. The monoisotopic (exact) mass is 232 g/mol. The summed E-state index contributed by atoms with van der Waals surface area (Å²) < 4.78 is 0. The maximum absolute atomic E-state index is 12.1. The van der Waals surface area contributed by atoms with Crippen molar-refractivity contribution in [3.8, 4) is 0 Å². The van der Waals surface area contributed by atoms with E-state index in [1.165, 1.54) is 11.1 Å². The van der Waals surface area contributed by atoms with Gasteiger partial charge in [0.25, 0.3) is 0 Å². The van der Waals surface area contributed by atoms with Gasteiger partial charge in [0.1, 0.15) is 0 Å². The molecule has 2 rings (SSSR count). The Hall–Kier alpha value is -1.35. The fourth-order valence-corrected chi connectivity index (χ4v) is 2.54. The number of rotatable bonds is 3. The summed E-state index contributed by atoms with van der Waals surface area (Å²) in [4.78, 5) is 14.0. The summed E-state index contributed by atoms with van der Waals surface area (Å²) in [5.41, 5.74) is 8.23. The fourth-order valence-electron chi connectivity index (χ4n) is 2.54. The number of carbonyl (C=O) groups excluding carboxylic acids is 1. The zero-order valence-electron chi connectivity index (χ0n) is 10.5. The second-order valence-electron chi connectivity index (χ2n) is 4.84. The van der Waals surface area contributed by atoms with Crippen LogP contribution in [0.25, 0.3) is 0 Å². The summed E-state index contributed by atoms with van der Waals surface area (Å²) in [6.07, 6.45) is 2.09. The first kappa shape index (κ1) is 12.1. The first-order valence-corrected chi connectivity index (χ1v) is 6.19. The maximum Gasteiger partial charge on any atom is 0.226 e. The molecule has 0 spiro atoms. The summed E-state index contributed by atoms with van der Waals surface area (Å²) in [6.45, 7) is 2.30. The number of hydrogen-bond donors (Lipinski definition) is 1. The first-order chi connectivity index (χ1) is 8.15. The number of fused-ring (bicyclic) bond motifs is 1. The maximum atomic E-state index is 12.1. The summed E-state index contributed by atoms with van der Waals surface area (Å²) in [5.74, 6) is 0.0574. The topological polar surface area (TPSA) is 46.3 Å². The van der Waals surface area contributed by atoms with Crippen molar-refractivity contribution < 1.29 is 4.79 Å². The van der Waals surface area contributed by atoms with Gasteiger partial charge in [-0.05, 0) is 24.0 Å². The highest BCUT2D eigenvalue weighted by Gasteiger charge is 2.29. The molecule has 0 saturated heterocycles. The van der Waals surface area contributed by atoms with Gasteiger partial charge in [0.05, 0.1) is 6.04 Å². The van der Waals surface area contributed by atoms with Crippen molar-refractivity contribution in [2.75, 3.05) is 13.6 Å². The van der Waals surface area contributed by atoms with Crippen LogP contribution in [0.3, 0.4) is 0 Å². The highest BCUT2D eigenvalue weighted by Crippen LogP contribution is 2.35. The minimum atomic E-state index is -0.0900. The Morgan fingerprint density at radius 3 is 2.94 bits per heavy atom. The van der Waals surface area contributed by atoms with Crippen LogP contribution in [0.15, 0.2) is 24.3 Å². The van der Waals surface area contributed by atoms with E-state index in [0.29, 0.717) is 6.54 Å². The van der Waals surface area contributed by atoms with Gasteiger partial charge in [-0.2, -0.15) is 0 Å². The molecule has 1 amide bonds. The van der Waals surface area contributed by atoms with Crippen LogP contribution in [0.1, 0.15) is 30.5 Å². The van der Waals surface area contributed by atoms with E-state index >= 15 is 0 Å². The van der Waals surface area contributed by atoms with Crippen LogP contribution in [-0.4, -0.2) is 24.4 Å². The van der Waals surface area contributed by atoms with Crippen molar-refractivity contribution in [2.24, 2.45) is 11.7 Å². The molecule has 1 aliphatic rings. The number of aryl methyl sites for hydroxylation is 1. The summed E-state index contributed by atoms with van der Waals surface area (Å²) in [7, 11) is 1.89. The summed E-state index contributed by atoms with van der Waals surface area (Å²) in [6, 6.07) is 8.62. The third kappa shape index (κ3) is 2.20. The lowest BCUT2D eigenvalue weighted by Gasteiger charge is -2.27. The minimum absolute atomic E-state index is 0.0900. The molecule has 1 aromatic rings. The molecule has 2 N–H and O–H groups in total. The largest absolute Gasteiger partial charge is 0.338 e. The van der Waals surface area contributed by atoms with E-state index in [9.17, 15) is 4.79 Å². The smallest absolute Gasteiger partial charge is 0.226 e. The second kappa shape index (κ2) is 4.88. The third-order valence-corrected chi connectivity index (χ3v) is 3.69. The normalized spacial score (nSPS) is 19.8. The highest BCUT2D eigenvalue weighted by atomic mass is 16.2. The van der Waals surface area contributed by atoms with Crippen LogP contribution >= 0.6 is 0 Å². The number of nitrogens with two attached hydrogens (primary N) is 1. The molecule has 0 aliphatic heterocycles. The molecular formula is C14H20N2O. The van der Waals surface area contributed by atoms with Gasteiger partial charge in [-0.1, -0.05) is 31.2 Å². The molecule has 3 nitrogen and oxygen atoms in total. The zero-order chi connectivity index (χ0) is 12.4.